The van der Waals surface area contributed by atoms with Crippen LogP contribution in [0.4, 0.5) is 0 Å². The fourth-order valence-electron chi connectivity index (χ4n) is 3.71. The first-order valence-corrected chi connectivity index (χ1v) is 8.46. The molecular weight excluding hydrogens is 314 g/mol. The number of benzene rings is 1. The summed E-state index contributed by atoms with van der Waals surface area (Å²) in [5, 5.41) is 4.27. The van der Waals surface area contributed by atoms with Gasteiger partial charge in [-0.25, -0.2) is 0 Å². The van der Waals surface area contributed by atoms with Crippen molar-refractivity contribution >= 4 is 11.6 Å². The smallest absolute Gasteiger partial charge is 0.248 e. The molecule has 1 aliphatic carbocycles. The van der Waals surface area contributed by atoms with Gasteiger partial charge in [0, 0.05) is 28.2 Å². The Hall–Kier alpha value is -2.56. The van der Waals surface area contributed by atoms with Gasteiger partial charge in [-0.3, -0.25) is 4.79 Å². The summed E-state index contributed by atoms with van der Waals surface area (Å²) in [6.07, 6.45) is 1.80. The molecule has 5 heteroatoms. The van der Waals surface area contributed by atoms with Gasteiger partial charge in [0.05, 0.1) is 5.71 Å². The number of oxime groups is 1. The first-order valence-electron chi connectivity index (χ1n) is 8.46. The highest BCUT2D eigenvalue weighted by Gasteiger charge is 2.33. The van der Waals surface area contributed by atoms with Crippen molar-refractivity contribution in [3.63, 3.8) is 0 Å². The number of aryl methyl sites for hydroxylation is 2. The fourth-order valence-corrected chi connectivity index (χ4v) is 3.71. The van der Waals surface area contributed by atoms with Gasteiger partial charge in [0.15, 0.2) is 0 Å². The minimum Gasteiger partial charge on any atom is -0.399 e. The summed E-state index contributed by atoms with van der Waals surface area (Å²) >= 11 is 0. The summed E-state index contributed by atoms with van der Waals surface area (Å²) in [7, 11) is 1.58. The molecule has 1 aliphatic rings. The highest BCUT2D eigenvalue weighted by Crippen LogP contribution is 2.38. The third kappa shape index (κ3) is 3.06. The lowest BCUT2D eigenvalue weighted by molar-refractivity contribution is 0.1000. The zero-order valence-electron chi connectivity index (χ0n) is 15.5. The number of primary amides is 1. The SMILES string of the molecule is CON=C1CC(C)(C)Cc2c1cc(C)n2-c1cc(C(N)=O)ccc1C. The van der Waals surface area contributed by atoms with Crippen molar-refractivity contribution in [2.24, 2.45) is 16.3 Å². The molecule has 3 rings (SSSR count). The highest BCUT2D eigenvalue weighted by atomic mass is 16.6. The predicted molar refractivity (Wildman–Crippen MR) is 99.4 cm³/mol. The summed E-state index contributed by atoms with van der Waals surface area (Å²) in [4.78, 5) is 16.7. The van der Waals surface area contributed by atoms with E-state index in [1.54, 1.807) is 13.2 Å². The molecule has 1 aromatic heterocycles. The number of nitrogens with zero attached hydrogens (tertiary/aromatic N) is 2. The molecule has 0 atom stereocenters. The van der Waals surface area contributed by atoms with Crippen LogP contribution < -0.4 is 5.73 Å². The Labute approximate surface area is 148 Å². The average molecular weight is 339 g/mol. The van der Waals surface area contributed by atoms with E-state index in [2.05, 4.69) is 36.6 Å². The molecule has 0 saturated carbocycles. The molecule has 0 saturated heterocycles. The van der Waals surface area contributed by atoms with E-state index in [-0.39, 0.29) is 5.41 Å². The molecule has 1 amide bonds. The summed E-state index contributed by atoms with van der Waals surface area (Å²) in [6.45, 7) is 8.59. The maximum Gasteiger partial charge on any atom is 0.248 e. The van der Waals surface area contributed by atoms with Crippen LogP contribution in [0.15, 0.2) is 29.4 Å². The van der Waals surface area contributed by atoms with Gasteiger partial charge >= 0.3 is 0 Å². The average Bonchev–Trinajstić information content (AvgIpc) is 2.83. The van der Waals surface area contributed by atoms with Crippen LogP contribution in [-0.4, -0.2) is 23.3 Å². The van der Waals surface area contributed by atoms with E-state index in [0.29, 0.717) is 5.56 Å². The number of fused-ring (bicyclic) bond motifs is 1. The van der Waals surface area contributed by atoms with E-state index in [4.69, 9.17) is 10.6 Å². The van der Waals surface area contributed by atoms with E-state index in [0.717, 1.165) is 41.1 Å². The molecule has 0 spiro atoms. The molecule has 25 heavy (non-hydrogen) atoms. The van der Waals surface area contributed by atoms with Crippen molar-refractivity contribution in [1.29, 1.82) is 0 Å². The van der Waals surface area contributed by atoms with Crippen LogP contribution in [0.25, 0.3) is 5.69 Å². The van der Waals surface area contributed by atoms with Crippen LogP contribution in [0.3, 0.4) is 0 Å². The largest absolute Gasteiger partial charge is 0.399 e. The Balaban J connectivity index is 2.25. The van der Waals surface area contributed by atoms with Crippen molar-refractivity contribution in [3.8, 4) is 5.69 Å². The lowest BCUT2D eigenvalue weighted by Crippen LogP contribution is -2.28. The first kappa shape index (κ1) is 17.3. The van der Waals surface area contributed by atoms with Crippen molar-refractivity contribution in [2.75, 3.05) is 7.11 Å². The van der Waals surface area contributed by atoms with Crippen LogP contribution in [0.1, 0.15) is 53.1 Å². The maximum absolute atomic E-state index is 11.6. The van der Waals surface area contributed by atoms with Crippen LogP contribution in [0, 0.1) is 19.3 Å². The quantitative estimate of drug-likeness (QED) is 0.869. The van der Waals surface area contributed by atoms with Crippen LogP contribution in [0.5, 0.6) is 0 Å². The molecule has 1 heterocycles. The monoisotopic (exact) mass is 339 g/mol. The normalized spacial score (nSPS) is 17.4. The van der Waals surface area contributed by atoms with Crippen LogP contribution in [0.2, 0.25) is 0 Å². The third-order valence-corrected chi connectivity index (χ3v) is 4.83. The van der Waals surface area contributed by atoms with Crippen molar-refractivity contribution in [1.82, 2.24) is 4.57 Å². The molecular formula is C20H25N3O2. The van der Waals surface area contributed by atoms with E-state index < -0.39 is 5.91 Å². The predicted octanol–water partition coefficient (Wildman–Crippen LogP) is 3.52. The van der Waals surface area contributed by atoms with Crippen LogP contribution >= 0.6 is 0 Å². The number of amides is 1. The Morgan fingerprint density at radius 1 is 1.24 bits per heavy atom. The number of carbonyl (C=O) groups is 1. The first-order chi connectivity index (χ1) is 11.7. The van der Waals surface area contributed by atoms with Crippen LogP contribution in [-0.2, 0) is 11.3 Å². The van der Waals surface area contributed by atoms with E-state index in [9.17, 15) is 4.79 Å². The minimum absolute atomic E-state index is 0.0854. The molecule has 0 bridgehead atoms. The van der Waals surface area contributed by atoms with Gasteiger partial charge in [0.1, 0.15) is 7.11 Å². The molecule has 2 aromatic rings. The Bertz CT molecular complexity index is 875. The van der Waals surface area contributed by atoms with E-state index >= 15 is 0 Å². The van der Waals surface area contributed by atoms with Crippen molar-refractivity contribution in [3.05, 3.63) is 52.3 Å². The van der Waals surface area contributed by atoms with Gasteiger partial charge < -0.3 is 15.1 Å². The second kappa shape index (κ2) is 6.06. The van der Waals surface area contributed by atoms with Gasteiger partial charge in [-0.2, -0.15) is 0 Å². The number of hydrogen-bond donors (Lipinski definition) is 1. The van der Waals surface area contributed by atoms with Crippen molar-refractivity contribution < 1.29 is 9.63 Å². The van der Waals surface area contributed by atoms with Gasteiger partial charge in [-0.1, -0.05) is 25.1 Å². The Kier molecular flexibility index (Phi) is 4.19. The molecule has 2 N–H and O–H groups in total. The molecule has 0 unspecified atom stereocenters. The van der Waals surface area contributed by atoms with Gasteiger partial charge in [-0.05, 0) is 55.9 Å². The Morgan fingerprint density at radius 3 is 2.60 bits per heavy atom. The maximum atomic E-state index is 11.6. The third-order valence-electron chi connectivity index (χ3n) is 4.83. The number of hydrogen-bond acceptors (Lipinski definition) is 3. The second-order valence-corrected chi connectivity index (χ2v) is 7.59. The highest BCUT2D eigenvalue weighted by molar-refractivity contribution is 6.03. The van der Waals surface area contributed by atoms with Gasteiger partial charge in [0.2, 0.25) is 5.91 Å². The van der Waals surface area contributed by atoms with Gasteiger partial charge in [0.25, 0.3) is 0 Å². The number of rotatable bonds is 3. The van der Waals surface area contributed by atoms with E-state index in [1.165, 1.54) is 5.69 Å². The zero-order chi connectivity index (χ0) is 18.4. The Morgan fingerprint density at radius 2 is 1.96 bits per heavy atom. The zero-order valence-corrected chi connectivity index (χ0v) is 15.5. The molecule has 5 nitrogen and oxygen atoms in total. The molecule has 0 radical (unpaired) electrons. The summed E-state index contributed by atoms with van der Waals surface area (Å²) in [6, 6.07) is 7.74. The lowest BCUT2D eigenvalue weighted by Gasteiger charge is -2.31. The van der Waals surface area contributed by atoms with E-state index in [1.807, 2.05) is 19.1 Å². The second-order valence-electron chi connectivity index (χ2n) is 7.59. The lowest BCUT2D eigenvalue weighted by atomic mass is 9.76. The van der Waals surface area contributed by atoms with Gasteiger partial charge in [-0.15, -0.1) is 0 Å². The molecule has 0 fully saturated rings. The molecule has 1 aromatic carbocycles. The number of carbonyl (C=O) groups excluding carboxylic acids is 1. The topological polar surface area (TPSA) is 69.6 Å². The minimum atomic E-state index is -0.415. The fraction of sp³-hybridized carbons (Fsp3) is 0.400. The standard InChI is InChI=1S/C20H25N3O2/c1-12-6-7-14(19(21)24)9-17(12)23-13(2)8-15-16(22-25-5)10-20(3,4)11-18(15)23/h6-9H,10-11H2,1-5H3,(H2,21,24). The molecule has 0 aliphatic heterocycles. The summed E-state index contributed by atoms with van der Waals surface area (Å²) in [5.74, 6) is -0.415. The summed E-state index contributed by atoms with van der Waals surface area (Å²) < 4.78 is 2.23. The van der Waals surface area contributed by atoms with Crippen molar-refractivity contribution in [2.45, 2.75) is 40.5 Å². The number of nitrogens with two attached hydrogens (primary N) is 1. The molecule has 132 valence electrons. The summed E-state index contributed by atoms with van der Waals surface area (Å²) in [5.41, 5.74) is 12.6. The number of aromatic nitrogens is 1.